The number of hydrogen-bond donors (Lipinski definition) is 1. The van der Waals surface area contributed by atoms with Crippen LogP contribution in [0.4, 0.5) is 5.69 Å². The maximum Gasteiger partial charge on any atom is 0.0686 e. The minimum atomic E-state index is -0.00723. The summed E-state index contributed by atoms with van der Waals surface area (Å²) in [6.07, 6.45) is 1.92. The number of aromatic nitrogens is 1. The molecule has 19 heavy (non-hydrogen) atoms. The van der Waals surface area contributed by atoms with Gasteiger partial charge in [0.25, 0.3) is 0 Å². The molecule has 0 saturated heterocycles. The predicted molar refractivity (Wildman–Crippen MR) is 83.4 cm³/mol. The number of anilines is 1. The summed E-state index contributed by atoms with van der Waals surface area (Å²) < 4.78 is 0. The molecule has 0 bridgehead atoms. The molecule has 1 heterocycles. The van der Waals surface area contributed by atoms with E-state index in [1.807, 2.05) is 18.3 Å². The quantitative estimate of drug-likeness (QED) is 0.849. The standard InChI is InChI=1S/C16H20N2S/c1-16(2,3)15-14(17)9-13(10-18-15)19-11-12-7-5-4-6-8-12/h4-10H,11,17H2,1-3H3. The topological polar surface area (TPSA) is 38.9 Å². The molecular formula is C16H20N2S. The molecule has 0 fully saturated rings. The van der Waals surface area contributed by atoms with E-state index in [0.29, 0.717) is 0 Å². The van der Waals surface area contributed by atoms with E-state index >= 15 is 0 Å². The Morgan fingerprint density at radius 3 is 2.42 bits per heavy atom. The molecule has 0 aliphatic heterocycles. The normalized spacial score (nSPS) is 11.5. The number of pyridine rings is 1. The second-order valence-electron chi connectivity index (χ2n) is 5.63. The molecule has 0 aliphatic rings. The van der Waals surface area contributed by atoms with Gasteiger partial charge in [-0.3, -0.25) is 4.98 Å². The number of benzene rings is 1. The van der Waals surface area contributed by atoms with Crippen molar-refractivity contribution in [2.45, 2.75) is 36.8 Å². The molecule has 3 heteroatoms. The van der Waals surface area contributed by atoms with Crippen LogP contribution in [0.3, 0.4) is 0 Å². The lowest BCUT2D eigenvalue weighted by Crippen LogP contribution is -2.16. The minimum Gasteiger partial charge on any atom is -0.397 e. The maximum absolute atomic E-state index is 6.10. The number of thioether (sulfide) groups is 1. The van der Waals surface area contributed by atoms with E-state index < -0.39 is 0 Å². The maximum atomic E-state index is 6.10. The fourth-order valence-electron chi connectivity index (χ4n) is 1.91. The molecule has 100 valence electrons. The largest absolute Gasteiger partial charge is 0.397 e. The Bertz CT molecular complexity index is 544. The van der Waals surface area contributed by atoms with Crippen molar-refractivity contribution in [2.24, 2.45) is 0 Å². The van der Waals surface area contributed by atoms with Gasteiger partial charge in [-0.25, -0.2) is 0 Å². The number of nitrogen functional groups attached to an aromatic ring is 1. The number of hydrogen-bond acceptors (Lipinski definition) is 3. The third kappa shape index (κ3) is 3.74. The molecule has 0 saturated carbocycles. The van der Waals surface area contributed by atoms with Crippen LogP contribution >= 0.6 is 11.8 Å². The first kappa shape index (κ1) is 13.9. The molecule has 0 aliphatic carbocycles. The molecule has 1 aromatic carbocycles. The molecule has 2 aromatic rings. The van der Waals surface area contributed by atoms with Crippen LogP contribution in [0.5, 0.6) is 0 Å². The summed E-state index contributed by atoms with van der Waals surface area (Å²) in [4.78, 5) is 5.64. The van der Waals surface area contributed by atoms with Gasteiger partial charge in [-0.15, -0.1) is 11.8 Å². The summed E-state index contributed by atoms with van der Waals surface area (Å²) in [7, 11) is 0. The molecular weight excluding hydrogens is 252 g/mol. The van der Waals surface area contributed by atoms with Crippen molar-refractivity contribution in [1.82, 2.24) is 4.98 Å². The van der Waals surface area contributed by atoms with Gasteiger partial charge in [0.05, 0.1) is 11.4 Å². The number of nitrogens with two attached hydrogens (primary N) is 1. The first-order chi connectivity index (χ1) is 8.97. The van der Waals surface area contributed by atoms with Crippen LogP contribution in [0, 0.1) is 0 Å². The van der Waals surface area contributed by atoms with Gasteiger partial charge >= 0.3 is 0 Å². The highest BCUT2D eigenvalue weighted by Gasteiger charge is 2.18. The first-order valence-electron chi connectivity index (χ1n) is 6.39. The number of nitrogens with zero attached hydrogens (tertiary/aromatic N) is 1. The van der Waals surface area contributed by atoms with Gasteiger partial charge in [0, 0.05) is 22.3 Å². The highest BCUT2D eigenvalue weighted by molar-refractivity contribution is 7.98. The van der Waals surface area contributed by atoms with Crippen LogP contribution in [0.1, 0.15) is 32.0 Å². The predicted octanol–water partition coefficient (Wildman–Crippen LogP) is 4.25. The highest BCUT2D eigenvalue weighted by Crippen LogP contribution is 2.30. The van der Waals surface area contributed by atoms with Gasteiger partial charge < -0.3 is 5.73 Å². The lowest BCUT2D eigenvalue weighted by molar-refractivity contribution is 0.570. The van der Waals surface area contributed by atoms with Crippen LogP contribution in [0.15, 0.2) is 47.5 Å². The first-order valence-corrected chi connectivity index (χ1v) is 7.38. The molecule has 0 spiro atoms. The van der Waals surface area contributed by atoms with Gasteiger partial charge in [-0.05, 0) is 11.6 Å². The van der Waals surface area contributed by atoms with E-state index in [4.69, 9.17) is 5.73 Å². The Hall–Kier alpha value is -1.48. The monoisotopic (exact) mass is 272 g/mol. The van der Waals surface area contributed by atoms with E-state index in [1.54, 1.807) is 11.8 Å². The van der Waals surface area contributed by atoms with Crippen molar-refractivity contribution >= 4 is 17.4 Å². The van der Waals surface area contributed by atoms with Crippen LogP contribution < -0.4 is 5.73 Å². The SMILES string of the molecule is CC(C)(C)c1ncc(SCc2ccccc2)cc1N. The summed E-state index contributed by atoms with van der Waals surface area (Å²) >= 11 is 1.76. The lowest BCUT2D eigenvalue weighted by Gasteiger charge is -2.20. The van der Waals surface area contributed by atoms with Crippen LogP contribution in [0.2, 0.25) is 0 Å². The van der Waals surface area contributed by atoms with Gasteiger partial charge in [0.2, 0.25) is 0 Å². The zero-order valence-corrected chi connectivity index (χ0v) is 12.5. The Labute approximate surface area is 119 Å². The second kappa shape index (κ2) is 5.66. The van der Waals surface area contributed by atoms with E-state index in [2.05, 4.69) is 50.0 Å². The molecule has 0 radical (unpaired) electrons. The van der Waals surface area contributed by atoms with E-state index in [1.165, 1.54) is 5.56 Å². The highest BCUT2D eigenvalue weighted by atomic mass is 32.2. The summed E-state index contributed by atoms with van der Waals surface area (Å²) in [5.74, 6) is 0.941. The van der Waals surface area contributed by atoms with Crippen molar-refractivity contribution in [2.75, 3.05) is 5.73 Å². The Morgan fingerprint density at radius 1 is 1.16 bits per heavy atom. The van der Waals surface area contributed by atoms with Gasteiger partial charge in [-0.2, -0.15) is 0 Å². The fraction of sp³-hybridized carbons (Fsp3) is 0.312. The van der Waals surface area contributed by atoms with E-state index in [-0.39, 0.29) is 5.41 Å². The third-order valence-corrected chi connectivity index (χ3v) is 3.89. The van der Waals surface area contributed by atoms with Gasteiger partial charge in [-0.1, -0.05) is 51.1 Å². The molecule has 2 rings (SSSR count). The Morgan fingerprint density at radius 2 is 1.84 bits per heavy atom. The zero-order valence-electron chi connectivity index (χ0n) is 11.7. The second-order valence-corrected chi connectivity index (χ2v) is 6.68. The van der Waals surface area contributed by atoms with Crippen molar-refractivity contribution in [3.8, 4) is 0 Å². The average molecular weight is 272 g/mol. The lowest BCUT2D eigenvalue weighted by atomic mass is 9.90. The number of rotatable bonds is 3. The van der Waals surface area contributed by atoms with Crippen molar-refractivity contribution in [3.05, 3.63) is 53.9 Å². The van der Waals surface area contributed by atoms with Crippen LogP contribution in [0.25, 0.3) is 0 Å². The summed E-state index contributed by atoms with van der Waals surface area (Å²) in [6.45, 7) is 6.38. The van der Waals surface area contributed by atoms with Crippen LogP contribution in [-0.4, -0.2) is 4.98 Å². The molecule has 0 unspecified atom stereocenters. The van der Waals surface area contributed by atoms with Crippen LogP contribution in [-0.2, 0) is 11.2 Å². The fourth-order valence-corrected chi connectivity index (χ4v) is 2.77. The molecule has 0 amide bonds. The van der Waals surface area contributed by atoms with E-state index in [9.17, 15) is 0 Å². The summed E-state index contributed by atoms with van der Waals surface area (Å²) in [5, 5.41) is 0. The van der Waals surface area contributed by atoms with E-state index in [0.717, 1.165) is 22.0 Å². The third-order valence-electron chi connectivity index (χ3n) is 2.85. The Balaban J connectivity index is 2.09. The molecule has 0 atom stereocenters. The molecule has 2 nitrogen and oxygen atoms in total. The van der Waals surface area contributed by atoms with Gasteiger partial charge in [0.15, 0.2) is 0 Å². The molecule has 1 aromatic heterocycles. The minimum absolute atomic E-state index is 0.00723. The summed E-state index contributed by atoms with van der Waals surface area (Å²) in [5.41, 5.74) is 9.16. The van der Waals surface area contributed by atoms with Gasteiger partial charge in [0.1, 0.15) is 0 Å². The zero-order chi connectivity index (χ0) is 13.9. The smallest absolute Gasteiger partial charge is 0.0686 e. The summed E-state index contributed by atoms with van der Waals surface area (Å²) in [6, 6.07) is 12.4. The van der Waals surface area contributed by atoms with Crippen molar-refractivity contribution < 1.29 is 0 Å². The molecule has 2 N–H and O–H groups in total. The van der Waals surface area contributed by atoms with Crippen molar-refractivity contribution in [1.29, 1.82) is 0 Å². The Kier molecular flexibility index (Phi) is 4.15. The average Bonchev–Trinajstić information content (AvgIpc) is 2.36. The van der Waals surface area contributed by atoms with Crippen molar-refractivity contribution in [3.63, 3.8) is 0 Å².